The predicted molar refractivity (Wildman–Crippen MR) is 218 cm³/mol. The first-order valence-corrected chi connectivity index (χ1v) is 20.5. The van der Waals surface area contributed by atoms with E-state index < -0.39 is 77.3 Å². The molecule has 5 amide bonds. The number of benzene rings is 2. The Morgan fingerprint density at radius 1 is 1.00 bits per heavy atom. The van der Waals surface area contributed by atoms with E-state index in [1.54, 1.807) is 31.5 Å². The fourth-order valence-corrected chi connectivity index (χ4v) is 7.89. The minimum Gasteiger partial charge on any atom is -0.453 e. The smallest absolute Gasteiger partial charge is 0.410 e. The number of amides is 5. The average molecular weight is 863 g/mol. The van der Waals surface area contributed by atoms with Crippen molar-refractivity contribution < 1.29 is 56.5 Å². The summed E-state index contributed by atoms with van der Waals surface area (Å²) in [5.74, 6) is -4.47. The van der Waals surface area contributed by atoms with Crippen LogP contribution < -0.4 is 5.32 Å². The molecule has 18 heteroatoms. The average Bonchev–Trinajstić information content (AvgIpc) is 3.91. The van der Waals surface area contributed by atoms with Crippen molar-refractivity contribution >= 4 is 35.9 Å². The van der Waals surface area contributed by atoms with Crippen LogP contribution in [0.2, 0.25) is 0 Å². The molecular weight excluding hydrogens is 811 g/mol. The Morgan fingerprint density at radius 3 is 2.35 bits per heavy atom. The lowest BCUT2D eigenvalue weighted by Gasteiger charge is -2.41. The van der Waals surface area contributed by atoms with E-state index in [-0.39, 0.29) is 56.4 Å². The van der Waals surface area contributed by atoms with Crippen molar-refractivity contribution in [2.75, 3.05) is 45.9 Å². The van der Waals surface area contributed by atoms with Gasteiger partial charge in [-0.25, -0.2) is 23.4 Å². The third-order valence-corrected chi connectivity index (χ3v) is 10.7. The molecule has 2 aromatic carbocycles. The third kappa shape index (κ3) is 11.4. The van der Waals surface area contributed by atoms with Gasteiger partial charge in [0, 0.05) is 82.7 Å². The van der Waals surface area contributed by atoms with Gasteiger partial charge in [0.2, 0.25) is 0 Å². The van der Waals surface area contributed by atoms with Crippen LogP contribution in [0.15, 0.2) is 66.9 Å². The van der Waals surface area contributed by atoms with E-state index in [9.17, 15) is 33.2 Å². The van der Waals surface area contributed by atoms with Crippen LogP contribution in [-0.2, 0) is 44.7 Å². The summed E-state index contributed by atoms with van der Waals surface area (Å²) in [5.41, 5.74) is 0.0144. The largest absolute Gasteiger partial charge is 0.453 e. The van der Waals surface area contributed by atoms with Crippen molar-refractivity contribution in [3.63, 3.8) is 0 Å². The standard InChI is InChI=1S/C44H52F2N6O10/c1-27(60-28(2)53)41(56)52(24-31-23-50(43(58)62-44(3,4)5)26-36(31)61-42(57)47-17-18-51-37(54)13-14-38(51)55)39(30-15-19-59-20-16-30)40-48-35(33-21-32(45)11-12-34(33)46)25-49(40)22-29-9-7-6-8-10-29/h6-14,21,25,27,30-31,36,39H,15-20,22-24,26H2,1-5H3,(H,47,57). The molecule has 0 spiro atoms. The number of alkyl carbamates (subject to hydrolysis) is 1. The Labute approximate surface area is 358 Å². The lowest BCUT2D eigenvalue weighted by molar-refractivity contribution is -0.160. The Bertz CT molecular complexity index is 2150. The molecule has 0 radical (unpaired) electrons. The molecule has 62 heavy (non-hydrogen) atoms. The lowest BCUT2D eigenvalue weighted by Crippen LogP contribution is -2.50. The Morgan fingerprint density at radius 2 is 1.69 bits per heavy atom. The van der Waals surface area contributed by atoms with Crippen LogP contribution in [0.5, 0.6) is 0 Å². The van der Waals surface area contributed by atoms with Gasteiger partial charge in [-0.15, -0.1) is 0 Å². The van der Waals surface area contributed by atoms with Crippen LogP contribution >= 0.6 is 0 Å². The van der Waals surface area contributed by atoms with Crippen molar-refractivity contribution in [1.29, 1.82) is 0 Å². The number of hydrogen-bond donors (Lipinski definition) is 1. The molecule has 6 rings (SSSR count). The molecular formula is C44H52F2N6O10. The van der Waals surface area contributed by atoms with Crippen molar-refractivity contribution in [3.8, 4) is 11.3 Å². The first kappa shape index (κ1) is 45.4. The number of imidazole rings is 1. The molecule has 3 aliphatic heterocycles. The molecule has 2 fully saturated rings. The lowest BCUT2D eigenvalue weighted by atomic mass is 9.88. The van der Waals surface area contributed by atoms with E-state index in [1.807, 2.05) is 30.3 Å². The monoisotopic (exact) mass is 862 g/mol. The molecule has 3 aliphatic rings. The number of nitrogens with one attached hydrogen (secondary N) is 1. The normalized spacial score (nSPS) is 19.0. The number of likely N-dealkylation sites (tertiary alicyclic amines) is 1. The topological polar surface area (TPSA) is 179 Å². The first-order valence-electron chi connectivity index (χ1n) is 20.5. The Hall–Kier alpha value is -6.17. The molecule has 4 atom stereocenters. The maximum atomic E-state index is 15.4. The van der Waals surface area contributed by atoms with Crippen LogP contribution in [0, 0.1) is 23.5 Å². The van der Waals surface area contributed by atoms with E-state index in [0.29, 0.717) is 31.9 Å². The Balaban J connectivity index is 1.41. The summed E-state index contributed by atoms with van der Waals surface area (Å²) >= 11 is 0. The van der Waals surface area contributed by atoms with Gasteiger partial charge in [0.05, 0.1) is 18.3 Å². The molecule has 1 N–H and O–H groups in total. The number of carbonyl (C=O) groups is 6. The second kappa shape index (κ2) is 19.7. The Kier molecular flexibility index (Phi) is 14.4. The molecule has 332 valence electrons. The van der Waals surface area contributed by atoms with E-state index in [0.717, 1.165) is 40.8 Å². The van der Waals surface area contributed by atoms with Crippen LogP contribution in [0.25, 0.3) is 11.3 Å². The van der Waals surface area contributed by atoms with E-state index in [1.165, 1.54) is 23.6 Å². The maximum Gasteiger partial charge on any atom is 0.410 e. The fraction of sp³-hybridized carbons (Fsp3) is 0.477. The highest BCUT2D eigenvalue weighted by molar-refractivity contribution is 6.12. The zero-order chi connectivity index (χ0) is 44.7. The molecule has 0 aliphatic carbocycles. The van der Waals surface area contributed by atoms with Crippen LogP contribution in [0.3, 0.4) is 0 Å². The summed E-state index contributed by atoms with van der Waals surface area (Å²) in [7, 11) is 0. The third-order valence-electron chi connectivity index (χ3n) is 10.7. The van der Waals surface area contributed by atoms with Gasteiger partial charge in [0.25, 0.3) is 17.7 Å². The SMILES string of the molecule is CC(=O)OC(C)C(=O)N(CC1CN(C(=O)OC(C)(C)C)CC1OC(=O)NCCN1C(=O)C=CC1=O)C(c1nc(-c2cc(F)ccc2F)cn1Cc1ccccc1)C1CCOCC1. The highest BCUT2D eigenvalue weighted by Crippen LogP contribution is 2.39. The van der Waals surface area contributed by atoms with Crippen LogP contribution in [0.4, 0.5) is 18.4 Å². The van der Waals surface area contributed by atoms with Gasteiger partial charge in [-0.05, 0) is 70.2 Å². The van der Waals surface area contributed by atoms with Gasteiger partial charge >= 0.3 is 18.2 Å². The van der Waals surface area contributed by atoms with Crippen molar-refractivity contribution in [1.82, 2.24) is 29.6 Å². The van der Waals surface area contributed by atoms with Crippen molar-refractivity contribution in [2.45, 2.75) is 77.9 Å². The molecule has 0 bridgehead atoms. The molecule has 0 saturated carbocycles. The second-order valence-electron chi connectivity index (χ2n) is 16.5. The molecule has 1 aromatic heterocycles. The number of imide groups is 1. The summed E-state index contributed by atoms with van der Waals surface area (Å²) < 4.78 is 54.7. The van der Waals surface area contributed by atoms with Gasteiger partial charge in [-0.2, -0.15) is 0 Å². The second-order valence-corrected chi connectivity index (χ2v) is 16.5. The zero-order valence-electron chi connectivity index (χ0n) is 35.4. The summed E-state index contributed by atoms with van der Waals surface area (Å²) in [5, 5.41) is 2.56. The number of carbonyl (C=O) groups excluding carboxylic acids is 6. The molecule has 4 unspecified atom stereocenters. The quantitative estimate of drug-likeness (QED) is 0.131. The molecule has 2 saturated heterocycles. The highest BCUT2D eigenvalue weighted by Gasteiger charge is 2.45. The minimum atomic E-state index is -1.30. The number of nitrogens with zero attached hydrogens (tertiary/aromatic N) is 5. The summed E-state index contributed by atoms with van der Waals surface area (Å²) in [6.07, 6.45) is 0.906. The number of esters is 1. The van der Waals surface area contributed by atoms with E-state index in [2.05, 4.69) is 5.32 Å². The van der Waals surface area contributed by atoms with E-state index >= 15 is 4.39 Å². The molecule has 4 heterocycles. The number of hydrogen-bond acceptors (Lipinski definition) is 11. The van der Waals surface area contributed by atoms with Gasteiger partial charge < -0.3 is 38.6 Å². The van der Waals surface area contributed by atoms with Gasteiger partial charge in [-0.3, -0.25) is 24.1 Å². The predicted octanol–water partition coefficient (Wildman–Crippen LogP) is 5.01. The fourth-order valence-electron chi connectivity index (χ4n) is 7.89. The molecule has 16 nitrogen and oxygen atoms in total. The van der Waals surface area contributed by atoms with Crippen LogP contribution in [0.1, 0.15) is 64.9 Å². The van der Waals surface area contributed by atoms with E-state index in [4.69, 9.17) is 23.9 Å². The molecule has 3 aromatic rings. The highest BCUT2D eigenvalue weighted by atomic mass is 19.1. The van der Waals surface area contributed by atoms with Crippen molar-refractivity contribution in [2.24, 2.45) is 11.8 Å². The number of halogens is 2. The number of rotatable bonds is 14. The van der Waals surface area contributed by atoms with Crippen LogP contribution in [-0.4, -0.2) is 124 Å². The first-order chi connectivity index (χ1) is 29.5. The zero-order valence-corrected chi connectivity index (χ0v) is 35.4. The number of ether oxygens (including phenoxy) is 4. The van der Waals surface area contributed by atoms with Crippen molar-refractivity contribution in [3.05, 3.63) is 89.9 Å². The van der Waals surface area contributed by atoms with Gasteiger partial charge in [0.1, 0.15) is 29.2 Å². The summed E-state index contributed by atoms with van der Waals surface area (Å²) in [6, 6.07) is 11.6. The summed E-state index contributed by atoms with van der Waals surface area (Å²) in [4.78, 5) is 87.0. The number of aromatic nitrogens is 2. The van der Waals surface area contributed by atoms with Gasteiger partial charge in [-0.1, -0.05) is 30.3 Å². The maximum absolute atomic E-state index is 15.4. The van der Waals surface area contributed by atoms with Gasteiger partial charge in [0.15, 0.2) is 6.10 Å². The summed E-state index contributed by atoms with van der Waals surface area (Å²) in [6.45, 7) is 8.14. The minimum absolute atomic E-state index is 0.0280.